The largest absolute Gasteiger partial charge is 0.461 e. The van der Waals surface area contributed by atoms with E-state index in [-0.39, 0.29) is 17.9 Å². The van der Waals surface area contributed by atoms with Crippen molar-refractivity contribution in [3.05, 3.63) is 246 Å². The first-order valence-electron chi connectivity index (χ1n) is 26.6. The van der Waals surface area contributed by atoms with Crippen LogP contribution in [0.15, 0.2) is 239 Å². The molecule has 2 aliphatic heterocycles. The lowest BCUT2D eigenvalue weighted by molar-refractivity contribution is 0.400. The number of rotatable bonds is 7. The van der Waals surface area contributed by atoms with Gasteiger partial charge in [0.05, 0.1) is 28.7 Å². The molecule has 360 valence electrons. The molecule has 1 aliphatic carbocycles. The van der Waals surface area contributed by atoms with Gasteiger partial charge in [-0.05, 0) is 149 Å². The van der Waals surface area contributed by atoms with Crippen molar-refractivity contribution in [2.24, 2.45) is 10.9 Å². The normalized spacial score (nSPS) is 17.8. The molecule has 0 N–H and O–H groups in total. The van der Waals surface area contributed by atoms with Crippen molar-refractivity contribution in [3.8, 4) is 33.7 Å². The first-order valence-corrected chi connectivity index (χ1v) is 27.4. The fraction of sp³-hybridized carbons (Fsp3) is 0.129. The quantitative estimate of drug-likeness (QED) is 0.160. The summed E-state index contributed by atoms with van der Waals surface area (Å²) in [4.78, 5) is 6.04. The Bertz CT molecular complexity index is 4430. The summed E-state index contributed by atoms with van der Waals surface area (Å²) >= 11 is 1.89. The minimum Gasteiger partial charge on any atom is -0.461 e. The molecule has 0 saturated heterocycles. The number of para-hydroxylation sites is 3. The first-order chi connectivity index (χ1) is 37.0. The number of hydrogen-bond acceptors (Lipinski definition) is 4. The van der Waals surface area contributed by atoms with Crippen LogP contribution >= 0.6 is 11.3 Å². The topological polar surface area (TPSA) is 39.7 Å². The van der Waals surface area contributed by atoms with E-state index in [1.807, 2.05) is 11.3 Å². The van der Waals surface area contributed by atoms with Crippen molar-refractivity contribution < 1.29 is 9.15 Å². The summed E-state index contributed by atoms with van der Waals surface area (Å²) in [6, 6.07) is 72.9. The summed E-state index contributed by atoms with van der Waals surface area (Å²) in [6.45, 7) is 4.66. The second-order valence-corrected chi connectivity index (χ2v) is 21.7. The van der Waals surface area contributed by atoms with Crippen LogP contribution in [0.1, 0.15) is 62.1 Å². The van der Waals surface area contributed by atoms with E-state index in [2.05, 4.69) is 231 Å². The maximum Gasteiger partial charge on any atom is 0.136 e. The van der Waals surface area contributed by atoms with Gasteiger partial charge in [-0.1, -0.05) is 153 Å². The maximum atomic E-state index is 6.81. The zero-order valence-corrected chi connectivity index (χ0v) is 42.7. The molecule has 12 aromatic rings. The number of furan rings is 1. The second-order valence-electron chi connectivity index (χ2n) is 20.7. The van der Waals surface area contributed by atoms with Gasteiger partial charge in [0.1, 0.15) is 22.7 Å². The van der Waals surface area contributed by atoms with Gasteiger partial charge in [0.25, 0.3) is 0 Å². The van der Waals surface area contributed by atoms with Crippen LogP contribution in [0.4, 0.5) is 0 Å². The van der Waals surface area contributed by atoms with Gasteiger partial charge in [0.2, 0.25) is 0 Å². The summed E-state index contributed by atoms with van der Waals surface area (Å²) in [5.74, 6) is 2.52. The predicted molar refractivity (Wildman–Crippen MR) is 315 cm³/mol. The second kappa shape index (κ2) is 17.6. The summed E-state index contributed by atoms with van der Waals surface area (Å²) in [6.07, 6.45) is 8.54. The van der Waals surface area contributed by atoms with E-state index in [4.69, 9.17) is 14.1 Å². The minimum absolute atomic E-state index is 0.0465. The number of benzene rings is 9. The Balaban J connectivity index is 0.863. The molecule has 5 heteroatoms. The van der Waals surface area contributed by atoms with E-state index < -0.39 is 0 Å². The molecule has 0 spiro atoms. The van der Waals surface area contributed by atoms with Crippen molar-refractivity contribution in [2.45, 2.75) is 51.5 Å². The fourth-order valence-electron chi connectivity index (χ4n) is 13.0. The Labute approximate surface area is 439 Å². The molecule has 3 unspecified atom stereocenters. The van der Waals surface area contributed by atoms with Crippen LogP contribution in [0.5, 0.6) is 5.75 Å². The predicted octanol–water partition coefficient (Wildman–Crippen LogP) is 19.2. The molecule has 0 saturated carbocycles. The standard InChI is InChI=1S/C70H52N2O2S/c1-3-49-50(52-22-15-29-66-69(52)54-20-9-12-28-65(54)75-66)21-13-24-58(47-38-42(2)67-53-19-8-11-26-61(53)74-64(67)41-47)71-70(49)55-23-14-27-63-68(55)57-40-46(35-37-62(57)73-63)44-32-30-43(31-33-44)45-34-36-60-56(39-45)51-18-7-10-25-59(51)72(60)48-16-5-4-6-17-48/h4-12,14-20,22-23,25-42,58,67H,3,13,21,24H2,1-2H3. The summed E-state index contributed by atoms with van der Waals surface area (Å²) < 4.78 is 18.4. The number of hydrogen-bond donors (Lipinski definition) is 0. The Morgan fingerprint density at radius 2 is 1.28 bits per heavy atom. The molecule has 5 heterocycles. The molecule has 15 rings (SSSR count). The Hall–Kier alpha value is -8.51. The average molecular weight is 985 g/mol. The highest BCUT2D eigenvalue weighted by molar-refractivity contribution is 7.25. The monoisotopic (exact) mass is 984 g/mol. The van der Waals surface area contributed by atoms with Crippen molar-refractivity contribution in [2.75, 3.05) is 0 Å². The Morgan fingerprint density at radius 3 is 2.13 bits per heavy atom. The highest BCUT2D eigenvalue weighted by atomic mass is 32.1. The Kier molecular flexibility index (Phi) is 10.3. The number of aromatic nitrogens is 1. The highest BCUT2D eigenvalue weighted by Crippen LogP contribution is 2.50. The van der Waals surface area contributed by atoms with Crippen molar-refractivity contribution in [1.82, 2.24) is 4.57 Å². The van der Waals surface area contributed by atoms with Crippen LogP contribution in [0.3, 0.4) is 0 Å². The van der Waals surface area contributed by atoms with Crippen LogP contribution in [-0.4, -0.2) is 16.3 Å². The minimum atomic E-state index is -0.0465. The summed E-state index contributed by atoms with van der Waals surface area (Å²) in [5, 5.41) is 7.38. The number of thiophene rings is 1. The molecule has 3 atom stereocenters. The van der Waals surface area contributed by atoms with Crippen LogP contribution in [0.25, 0.3) is 97.4 Å². The molecule has 3 aromatic heterocycles. The van der Waals surface area contributed by atoms with Gasteiger partial charge in [0.15, 0.2) is 0 Å². The number of ether oxygens (including phenoxy) is 1. The lowest BCUT2D eigenvalue weighted by Crippen LogP contribution is -2.21. The molecule has 0 radical (unpaired) electrons. The van der Waals surface area contributed by atoms with E-state index in [0.29, 0.717) is 0 Å². The van der Waals surface area contributed by atoms with E-state index >= 15 is 0 Å². The van der Waals surface area contributed by atoms with Gasteiger partial charge < -0.3 is 13.7 Å². The van der Waals surface area contributed by atoms with Crippen molar-refractivity contribution in [1.29, 1.82) is 0 Å². The summed E-state index contributed by atoms with van der Waals surface area (Å²) in [7, 11) is 0. The molecule has 9 aromatic carbocycles. The van der Waals surface area contributed by atoms with Crippen LogP contribution in [-0.2, 0) is 0 Å². The number of aliphatic imine (C=N–C) groups is 1. The lowest BCUT2D eigenvalue weighted by Gasteiger charge is -2.28. The van der Waals surface area contributed by atoms with Gasteiger partial charge in [0, 0.05) is 58.5 Å². The molecular formula is C70H52N2O2S. The van der Waals surface area contributed by atoms with Crippen LogP contribution in [0, 0.1) is 5.92 Å². The lowest BCUT2D eigenvalue weighted by atomic mass is 9.79. The SMILES string of the molecule is CCC1=C(c2cccc3sc4ccccc4c23)CCCC(C2=CC(C)C3C(=C2)Oc2ccccc23)N=C1c1cccc2oc3ccc(-c4ccc(-c5ccc6c(c5)c5ccccc5n6-c5ccccc5)cc4)cc3c12. The van der Waals surface area contributed by atoms with E-state index in [0.717, 1.165) is 81.5 Å². The maximum absolute atomic E-state index is 6.81. The molecular weight excluding hydrogens is 933 g/mol. The molecule has 3 aliphatic rings. The zero-order valence-electron chi connectivity index (χ0n) is 41.9. The van der Waals surface area contributed by atoms with Gasteiger partial charge in [-0.25, -0.2) is 0 Å². The highest BCUT2D eigenvalue weighted by Gasteiger charge is 2.37. The van der Waals surface area contributed by atoms with Crippen molar-refractivity contribution in [3.63, 3.8) is 0 Å². The Morgan fingerprint density at radius 1 is 0.587 bits per heavy atom. The number of allylic oxidation sites excluding steroid dienone is 4. The number of nitrogens with zero attached hydrogens (tertiary/aromatic N) is 2. The van der Waals surface area contributed by atoms with Crippen LogP contribution < -0.4 is 4.74 Å². The first kappa shape index (κ1) is 44.0. The van der Waals surface area contributed by atoms with E-state index in [1.54, 1.807) is 0 Å². The van der Waals surface area contributed by atoms with Crippen molar-refractivity contribution >= 4 is 86.5 Å². The third-order valence-corrected chi connectivity index (χ3v) is 17.5. The van der Waals surface area contributed by atoms with E-state index in [1.165, 1.54) is 86.6 Å². The number of fused-ring (bicyclic) bond motifs is 12. The molecule has 0 bridgehead atoms. The van der Waals surface area contributed by atoms with Gasteiger partial charge in [-0.2, -0.15) is 0 Å². The molecule has 0 fully saturated rings. The summed E-state index contributed by atoms with van der Waals surface area (Å²) in [5.41, 5.74) is 18.7. The zero-order chi connectivity index (χ0) is 49.7. The van der Waals surface area contributed by atoms with Gasteiger partial charge >= 0.3 is 0 Å². The van der Waals surface area contributed by atoms with Crippen LogP contribution in [0.2, 0.25) is 0 Å². The van der Waals surface area contributed by atoms with Gasteiger partial charge in [-0.15, -0.1) is 11.3 Å². The third kappa shape index (κ3) is 7.12. The molecule has 75 heavy (non-hydrogen) atoms. The third-order valence-electron chi connectivity index (χ3n) is 16.4. The smallest absolute Gasteiger partial charge is 0.136 e. The van der Waals surface area contributed by atoms with E-state index in [9.17, 15) is 0 Å². The fourth-order valence-corrected chi connectivity index (χ4v) is 14.1. The molecule has 0 amide bonds. The van der Waals surface area contributed by atoms with Gasteiger partial charge in [-0.3, -0.25) is 4.99 Å². The average Bonchev–Trinajstić information content (AvgIpc) is 4.26. The molecule has 4 nitrogen and oxygen atoms in total.